The molecule has 1 saturated carbocycles. The van der Waals surface area contributed by atoms with Gasteiger partial charge in [-0.3, -0.25) is 9.59 Å². The molecule has 5 nitrogen and oxygen atoms in total. The number of carbonyl (C=O) groups excluding carboxylic acids is 1. The monoisotopic (exact) mass is 268 g/mol. The van der Waals surface area contributed by atoms with E-state index in [1.807, 2.05) is 14.0 Å². The quantitative estimate of drug-likeness (QED) is 0.799. The maximum atomic E-state index is 12.5. The summed E-state index contributed by atoms with van der Waals surface area (Å²) in [6.45, 7) is 3.91. The van der Waals surface area contributed by atoms with Gasteiger partial charge in [0, 0.05) is 13.1 Å². The van der Waals surface area contributed by atoms with E-state index in [9.17, 15) is 14.7 Å². The van der Waals surface area contributed by atoms with Gasteiger partial charge in [-0.1, -0.05) is 6.92 Å². The fourth-order valence-corrected chi connectivity index (χ4v) is 3.47. The smallest absolute Gasteiger partial charge is 0.307 e. The number of hydrogen-bond acceptors (Lipinski definition) is 3. The Morgan fingerprint density at radius 3 is 2.32 bits per heavy atom. The SMILES string of the molecule is CC1C[C@H](C(=O)N(C)C2CCNCC2)[C@H](C(=O)O)C1. The van der Waals surface area contributed by atoms with Crippen LogP contribution in [0.25, 0.3) is 0 Å². The van der Waals surface area contributed by atoms with Crippen LogP contribution in [0, 0.1) is 17.8 Å². The summed E-state index contributed by atoms with van der Waals surface area (Å²) in [6.07, 6.45) is 3.27. The van der Waals surface area contributed by atoms with Gasteiger partial charge in [-0.15, -0.1) is 0 Å². The Balaban J connectivity index is 2.02. The molecule has 0 aromatic carbocycles. The highest BCUT2D eigenvalue weighted by molar-refractivity contribution is 5.85. The largest absolute Gasteiger partial charge is 0.481 e. The molecule has 2 N–H and O–H groups in total. The zero-order chi connectivity index (χ0) is 14.0. The molecular formula is C14H24N2O3. The van der Waals surface area contributed by atoms with Crippen LogP contribution >= 0.6 is 0 Å². The fourth-order valence-electron chi connectivity index (χ4n) is 3.47. The Bertz CT molecular complexity index is 353. The van der Waals surface area contributed by atoms with E-state index in [4.69, 9.17) is 0 Å². The summed E-state index contributed by atoms with van der Waals surface area (Å²) in [7, 11) is 1.83. The second kappa shape index (κ2) is 5.90. The Kier molecular flexibility index (Phi) is 4.45. The first-order chi connectivity index (χ1) is 9.00. The summed E-state index contributed by atoms with van der Waals surface area (Å²) in [5.74, 6) is -1.28. The van der Waals surface area contributed by atoms with E-state index >= 15 is 0 Å². The minimum atomic E-state index is -0.818. The molecule has 0 aromatic heterocycles. The van der Waals surface area contributed by atoms with Crippen molar-refractivity contribution >= 4 is 11.9 Å². The standard InChI is InChI=1S/C14H24N2O3/c1-9-7-11(12(8-9)14(18)19)13(17)16(2)10-3-5-15-6-4-10/h9-12,15H,3-8H2,1-2H3,(H,18,19)/t9?,11-,12+/m0/s1. The molecule has 0 spiro atoms. The summed E-state index contributed by atoms with van der Waals surface area (Å²) in [4.78, 5) is 25.6. The molecule has 1 saturated heterocycles. The van der Waals surface area contributed by atoms with E-state index in [0.29, 0.717) is 18.8 Å². The van der Waals surface area contributed by atoms with Gasteiger partial charge in [0.05, 0.1) is 11.8 Å². The molecule has 1 heterocycles. The lowest BCUT2D eigenvalue weighted by molar-refractivity contribution is -0.149. The number of hydrogen-bond donors (Lipinski definition) is 2. The highest BCUT2D eigenvalue weighted by atomic mass is 16.4. The van der Waals surface area contributed by atoms with Crippen LogP contribution in [0.1, 0.15) is 32.6 Å². The fraction of sp³-hybridized carbons (Fsp3) is 0.857. The first-order valence-corrected chi connectivity index (χ1v) is 7.21. The molecule has 2 rings (SSSR count). The number of nitrogens with zero attached hydrogens (tertiary/aromatic N) is 1. The van der Waals surface area contributed by atoms with Gasteiger partial charge in [0.1, 0.15) is 0 Å². The molecule has 1 amide bonds. The van der Waals surface area contributed by atoms with Gasteiger partial charge in [-0.2, -0.15) is 0 Å². The van der Waals surface area contributed by atoms with Crippen LogP contribution in [-0.2, 0) is 9.59 Å². The summed E-state index contributed by atoms with van der Waals surface area (Å²) in [5, 5.41) is 12.5. The van der Waals surface area contributed by atoms with Crippen LogP contribution in [0.2, 0.25) is 0 Å². The van der Waals surface area contributed by atoms with Crippen molar-refractivity contribution < 1.29 is 14.7 Å². The van der Waals surface area contributed by atoms with E-state index in [-0.39, 0.29) is 17.9 Å². The van der Waals surface area contributed by atoms with Crippen molar-refractivity contribution in [3.63, 3.8) is 0 Å². The van der Waals surface area contributed by atoms with E-state index in [1.54, 1.807) is 4.90 Å². The Hall–Kier alpha value is -1.10. The molecular weight excluding hydrogens is 244 g/mol. The molecule has 1 aliphatic carbocycles. The third-order valence-electron chi connectivity index (χ3n) is 4.64. The normalized spacial score (nSPS) is 32.2. The van der Waals surface area contributed by atoms with Crippen LogP contribution < -0.4 is 5.32 Å². The van der Waals surface area contributed by atoms with Crippen molar-refractivity contribution in [3.8, 4) is 0 Å². The van der Waals surface area contributed by atoms with E-state index in [1.165, 1.54) is 0 Å². The number of rotatable bonds is 3. The van der Waals surface area contributed by atoms with Gasteiger partial charge in [-0.05, 0) is 44.7 Å². The topological polar surface area (TPSA) is 69.6 Å². The molecule has 0 radical (unpaired) electrons. The molecule has 0 bridgehead atoms. The van der Waals surface area contributed by atoms with E-state index in [2.05, 4.69) is 5.32 Å². The lowest BCUT2D eigenvalue weighted by Crippen LogP contribution is -2.47. The maximum absolute atomic E-state index is 12.5. The first-order valence-electron chi connectivity index (χ1n) is 7.21. The number of aliphatic carboxylic acids is 1. The summed E-state index contributed by atoms with van der Waals surface area (Å²) in [6, 6.07) is 0.263. The number of piperidine rings is 1. The second-order valence-corrected chi connectivity index (χ2v) is 6.06. The Morgan fingerprint density at radius 1 is 1.16 bits per heavy atom. The first kappa shape index (κ1) is 14.3. The van der Waals surface area contributed by atoms with Gasteiger partial charge in [0.2, 0.25) is 5.91 Å². The maximum Gasteiger partial charge on any atom is 0.307 e. The van der Waals surface area contributed by atoms with E-state index in [0.717, 1.165) is 25.9 Å². The minimum absolute atomic E-state index is 0.0312. The van der Waals surface area contributed by atoms with Crippen molar-refractivity contribution in [2.45, 2.75) is 38.6 Å². The van der Waals surface area contributed by atoms with E-state index < -0.39 is 11.9 Å². The van der Waals surface area contributed by atoms with Gasteiger partial charge in [-0.25, -0.2) is 0 Å². The van der Waals surface area contributed by atoms with Crippen molar-refractivity contribution in [1.82, 2.24) is 10.2 Å². The zero-order valence-corrected chi connectivity index (χ0v) is 11.8. The van der Waals surface area contributed by atoms with Crippen LogP contribution in [0.5, 0.6) is 0 Å². The zero-order valence-electron chi connectivity index (χ0n) is 11.8. The molecule has 19 heavy (non-hydrogen) atoms. The molecule has 1 aliphatic heterocycles. The lowest BCUT2D eigenvalue weighted by atomic mass is 9.93. The lowest BCUT2D eigenvalue weighted by Gasteiger charge is -2.34. The second-order valence-electron chi connectivity index (χ2n) is 6.06. The summed E-state index contributed by atoms with van der Waals surface area (Å²) in [5.41, 5.74) is 0. The van der Waals surface area contributed by atoms with Crippen molar-refractivity contribution in [2.75, 3.05) is 20.1 Å². The van der Waals surface area contributed by atoms with Gasteiger partial charge in [0.25, 0.3) is 0 Å². The molecule has 5 heteroatoms. The highest BCUT2D eigenvalue weighted by Gasteiger charge is 2.43. The molecule has 108 valence electrons. The van der Waals surface area contributed by atoms with Crippen molar-refractivity contribution in [2.24, 2.45) is 17.8 Å². The van der Waals surface area contributed by atoms with Gasteiger partial charge >= 0.3 is 5.97 Å². The molecule has 3 atom stereocenters. The average molecular weight is 268 g/mol. The third-order valence-corrected chi connectivity index (χ3v) is 4.64. The van der Waals surface area contributed by atoms with Gasteiger partial charge < -0.3 is 15.3 Å². The molecule has 1 unspecified atom stereocenters. The van der Waals surface area contributed by atoms with Crippen LogP contribution in [0.4, 0.5) is 0 Å². The Labute approximate surface area is 114 Å². The summed E-state index contributed by atoms with van der Waals surface area (Å²) >= 11 is 0. The third kappa shape index (κ3) is 3.08. The minimum Gasteiger partial charge on any atom is -0.481 e. The van der Waals surface area contributed by atoms with Crippen molar-refractivity contribution in [1.29, 1.82) is 0 Å². The molecule has 2 aliphatic rings. The molecule has 2 fully saturated rings. The van der Waals surface area contributed by atoms with Crippen LogP contribution in [0.3, 0.4) is 0 Å². The number of carbonyl (C=O) groups is 2. The number of nitrogens with one attached hydrogen (secondary N) is 1. The predicted molar refractivity (Wildman–Crippen MR) is 71.7 cm³/mol. The van der Waals surface area contributed by atoms with Gasteiger partial charge in [0.15, 0.2) is 0 Å². The van der Waals surface area contributed by atoms with Crippen LogP contribution in [-0.4, -0.2) is 48.1 Å². The Morgan fingerprint density at radius 2 is 1.74 bits per heavy atom. The predicted octanol–water partition coefficient (Wildman–Crippen LogP) is 0.944. The van der Waals surface area contributed by atoms with Crippen molar-refractivity contribution in [3.05, 3.63) is 0 Å². The molecule has 0 aromatic rings. The number of carboxylic acids is 1. The highest BCUT2D eigenvalue weighted by Crippen LogP contribution is 2.37. The number of carboxylic acid groups (broad SMARTS) is 1. The average Bonchev–Trinajstić information content (AvgIpc) is 2.80. The van der Waals surface area contributed by atoms with Crippen LogP contribution in [0.15, 0.2) is 0 Å². The summed E-state index contributed by atoms with van der Waals surface area (Å²) < 4.78 is 0. The number of amides is 1.